The van der Waals surface area contributed by atoms with Crippen molar-refractivity contribution in [2.45, 2.75) is 32.7 Å². The van der Waals surface area contributed by atoms with Crippen LogP contribution in [0.4, 0.5) is 5.82 Å². The van der Waals surface area contributed by atoms with Gasteiger partial charge in [0.2, 0.25) is 0 Å². The third-order valence-corrected chi connectivity index (χ3v) is 6.31. The minimum Gasteiger partial charge on any atom is -0.357 e. The van der Waals surface area contributed by atoms with E-state index < -0.39 is 0 Å². The van der Waals surface area contributed by atoms with Crippen molar-refractivity contribution < 1.29 is 4.79 Å². The minimum absolute atomic E-state index is 0.115. The molecule has 0 saturated carbocycles. The SMILES string of the molecule is Cc1csc(C(=O)N2CCc3nn4ccc(N5CCCC5)nc4c3C2)c1. The molecule has 0 N–H and O–H groups in total. The highest BCUT2D eigenvalue weighted by molar-refractivity contribution is 7.12. The Hall–Kier alpha value is -2.41. The van der Waals surface area contributed by atoms with Gasteiger partial charge in [-0.1, -0.05) is 0 Å². The van der Waals surface area contributed by atoms with Gasteiger partial charge in [-0.25, -0.2) is 9.50 Å². The number of hydrogen-bond acceptors (Lipinski definition) is 5. The minimum atomic E-state index is 0.115. The summed E-state index contributed by atoms with van der Waals surface area (Å²) in [6.45, 7) is 5.47. The van der Waals surface area contributed by atoms with E-state index >= 15 is 0 Å². The number of aromatic nitrogens is 3. The lowest BCUT2D eigenvalue weighted by molar-refractivity contribution is 0.0740. The van der Waals surface area contributed by atoms with Crippen LogP contribution in [0.3, 0.4) is 0 Å². The van der Waals surface area contributed by atoms with E-state index in [2.05, 4.69) is 4.90 Å². The van der Waals surface area contributed by atoms with E-state index in [1.54, 1.807) is 0 Å². The van der Waals surface area contributed by atoms with Crippen molar-refractivity contribution in [1.29, 1.82) is 0 Å². The average molecular weight is 367 g/mol. The average Bonchev–Trinajstić information content (AvgIpc) is 3.39. The largest absolute Gasteiger partial charge is 0.357 e. The first-order valence-electron chi connectivity index (χ1n) is 9.15. The molecule has 0 aromatic carbocycles. The van der Waals surface area contributed by atoms with Crippen molar-refractivity contribution in [2.24, 2.45) is 0 Å². The summed E-state index contributed by atoms with van der Waals surface area (Å²) in [5.74, 6) is 1.14. The number of fused-ring (bicyclic) bond motifs is 3. The zero-order valence-corrected chi connectivity index (χ0v) is 15.6. The van der Waals surface area contributed by atoms with Gasteiger partial charge in [0.25, 0.3) is 5.91 Å². The summed E-state index contributed by atoms with van der Waals surface area (Å²) < 4.78 is 1.87. The second-order valence-corrected chi connectivity index (χ2v) is 8.05. The summed E-state index contributed by atoms with van der Waals surface area (Å²) in [7, 11) is 0. The van der Waals surface area contributed by atoms with Gasteiger partial charge in [-0.05, 0) is 42.8 Å². The number of thiophene rings is 1. The maximum Gasteiger partial charge on any atom is 0.264 e. The summed E-state index contributed by atoms with van der Waals surface area (Å²) in [4.78, 5) is 22.8. The van der Waals surface area contributed by atoms with Crippen LogP contribution in [0.2, 0.25) is 0 Å². The molecule has 1 amide bonds. The third-order valence-electron chi connectivity index (χ3n) is 5.28. The molecule has 0 aliphatic carbocycles. The van der Waals surface area contributed by atoms with Crippen molar-refractivity contribution in [3.05, 3.63) is 45.4 Å². The van der Waals surface area contributed by atoms with Crippen LogP contribution in [0.1, 0.15) is 39.3 Å². The van der Waals surface area contributed by atoms with E-state index in [0.717, 1.165) is 52.7 Å². The van der Waals surface area contributed by atoms with Crippen LogP contribution in [0.5, 0.6) is 0 Å². The van der Waals surface area contributed by atoms with Crippen molar-refractivity contribution in [3.63, 3.8) is 0 Å². The molecule has 1 fully saturated rings. The van der Waals surface area contributed by atoms with Crippen LogP contribution in [0.25, 0.3) is 5.65 Å². The second kappa shape index (κ2) is 6.09. The number of rotatable bonds is 2. The van der Waals surface area contributed by atoms with Crippen LogP contribution in [-0.2, 0) is 13.0 Å². The van der Waals surface area contributed by atoms with E-state index in [4.69, 9.17) is 10.1 Å². The van der Waals surface area contributed by atoms with E-state index in [1.807, 2.05) is 40.0 Å². The molecule has 5 heterocycles. The van der Waals surface area contributed by atoms with E-state index in [9.17, 15) is 4.79 Å². The number of nitrogens with zero attached hydrogens (tertiary/aromatic N) is 5. The first-order chi connectivity index (χ1) is 12.7. The van der Waals surface area contributed by atoms with Gasteiger partial charge in [-0.3, -0.25) is 4.79 Å². The monoisotopic (exact) mass is 367 g/mol. The molecule has 1 saturated heterocycles. The molecule has 0 radical (unpaired) electrons. The fourth-order valence-electron chi connectivity index (χ4n) is 3.88. The van der Waals surface area contributed by atoms with Crippen LogP contribution < -0.4 is 4.90 Å². The highest BCUT2D eigenvalue weighted by Gasteiger charge is 2.27. The number of carbonyl (C=O) groups excluding carboxylic acids is 1. The van der Waals surface area contributed by atoms with Crippen LogP contribution in [0.15, 0.2) is 23.7 Å². The van der Waals surface area contributed by atoms with E-state index in [1.165, 1.54) is 24.2 Å². The standard InChI is InChI=1S/C19H21N5OS/c1-13-10-16(26-12-13)19(25)23-8-4-15-14(11-23)18-20-17(5-9-24(18)21-15)22-6-2-3-7-22/h5,9-10,12H,2-4,6-8,11H2,1H3. The molecule has 134 valence electrons. The van der Waals surface area contributed by atoms with Crippen LogP contribution in [-0.4, -0.2) is 45.0 Å². The van der Waals surface area contributed by atoms with Gasteiger partial charge in [0.1, 0.15) is 5.82 Å². The second-order valence-electron chi connectivity index (χ2n) is 7.14. The molecule has 0 atom stereocenters. The van der Waals surface area contributed by atoms with Crippen molar-refractivity contribution in [1.82, 2.24) is 19.5 Å². The molecule has 0 bridgehead atoms. The molecule has 3 aromatic heterocycles. The number of hydrogen-bond donors (Lipinski definition) is 0. The van der Waals surface area contributed by atoms with Crippen molar-refractivity contribution in [2.75, 3.05) is 24.5 Å². The Kier molecular flexibility index (Phi) is 3.70. The first-order valence-corrected chi connectivity index (χ1v) is 10.0. The Morgan fingerprint density at radius 1 is 1.23 bits per heavy atom. The Morgan fingerprint density at radius 2 is 2.08 bits per heavy atom. The van der Waals surface area contributed by atoms with Gasteiger partial charge < -0.3 is 9.80 Å². The van der Waals surface area contributed by atoms with Crippen LogP contribution in [0, 0.1) is 6.92 Å². The Labute approximate surface area is 156 Å². The fraction of sp³-hybridized carbons (Fsp3) is 0.421. The predicted molar refractivity (Wildman–Crippen MR) is 102 cm³/mol. The summed E-state index contributed by atoms with van der Waals surface area (Å²) in [6, 6.07) is 4.02. The molecule has 3 aromatic rings. The summed E-state index contributed by atoms with van der Waals surface area (Å²) in [6.07, 6.45) is 5.25. The fourth-order valence-corrected chi connectivity index (χ4v) is 4.74. The number of carbonyl (C=O) groups is 1. The van der Waals surface area contributed by atoms with Crippen molar-refractivity contribution >= 4 is 28.7 Å². The predicted octanol–water partition coefficient (Wildman–Crippen LogP) is 2.90. The maximum atomic E-state index is 12.8. The Morgan fingerprint density at radius 3 is 2.85 bits per heavy atom. The number of aryl methyl sites for hydroxylation is 1. The lowest BCUT2D eigenvalue weighted by Crippen LogP contribution is -2.35. The molecule has 0 unspecified atom stereocenters. The molecular weight excluding hydrogens is 346 g/mol. The number of amides is 1. The molecule has 2 aliphatic rings. The van der Waals surface area contributed by atoms with Gasteiger partial charge >= 0.3 is 0 Å². The van der Waals surface area contributed by atoms with Gasteiger partial charge in [0.05, 0.1) is 17.1 Å². The summed E-state index contributed by atoms with van der Waals surface area (Å²) in [5.41, 5.74) is 4.20. The molecule has 5 rings (SSSR count). The van der Waals surface area contributed by atoms with E-state index in [0.29, 0.717) is 13.1 Å². The summed E-state index contributed by atoms with van der Waals surface area (Å²) in [5, 5.41) is 6.72. The highest BCUT2D eigenvalue weighted by Crippen LogP contribution is 2.27. The van der Waals surface area contributed by atoms with Gasteiger partial charge in [0.15, 0.2) is 5.65 Å². The molecule has 6 nitrogen and oxygen atoms in total. The molecule has 0 spiro atoms. The van der Waals surface area contributed by atoms with Gasteiger partial charge in [-0.2, -0.15) is 5.10 Å². The van der Waals surface area contributed by atoms with E-state index in [-0.39, 0.29) is 5.91 Å². The van der Waals surface area contributed by atoms with Crippen LogP contribution >= 0.6 is 11.3 Å². The third kappa shape index (κ3) is 2.58. The first kappa shape index (κ1) is 15.8. The zero-order chi connectivity index (χ0) is 17.7. The Bertz CT molecular complexity index is 985. The lowest BCUT2D eigenvalue weighted by atomic mass is 10.1. The Balaban J connectivity index is 1.48. The molecule has 2 aliphatic heterocycles. The molecule has 7 heteroatoms. The highest BCUT2D eigenvalue weighted by atomic mass is 32.1. The van der Waals surface area contributed by atoms with Gasteiger partial charge in [-0.15, -0.1) is 11.3 Å². The maximum absolute atomic E-state index is 12.8. The smallest absolute Gasteiger partial charge is 0.264 e. The summed E-state index contributed by atoms with van der Waals surface area (Å²) >= 11 is 1.52. The van der Waals surface area contributed by atoms with Gasteiger partial charge in [0, 0.05) is 37.8 Å². The topological polar surface area (TPSA) is 53.7 Å². The quantitative estimate of drug-likeness (QED) is 0.699. The van der Waals surface area contributed by atoms with Crippen molar-refractivity contribution in [3.8, 4) is 0 Å². The molecule has 26 heavy (non-hydrogen) atoms. The normalized spacial score (nSPS) is 17.1. The number of anilines is 1. The zero-order valence-electron chi connectivity index (χ0n) is 14.8. The lowest BCUT2D eigenvalue weighted by Gasteiger charge is -2.26. The molecular formula is C19H21N5OS.